The molecule has 0 aliphatic rings. The number of hydrogen-bond acceptors (Lipinski definition) is 2. The first-order valence-electron chi connectivity index (χ1n) is 7.99. The standard InChI is InChI=1S/C21H16F3NO/c1-14-9-11-16(12-10-14)19(13-20(26)21(22,23)24)25-18-8-4-6-15-5-2-3-7-17(15)18/h2-13,25H,1H3/b19-13-. The number of nitrogens with one attached hydrogen (secondary N) is 1. The maximum atomic E-state index is 12.8. The first-order valence-corrected chi connectivity index (χ1v) is 7.99. The predicted molar refractivity (Wildman–Crippen MR) is 97.8 cm³/mol. The highest BCUT2D eigenvalue weighted by atomic mass is 19.4. The normalized spacial score (nSPS) is 12.2. The van der Waals surface area contributed by atoms with Gasteiger partial charge in [-0.25, -0.2) is 0 Å². The van der Waals surface area contributed by atoms with Gasteiger partial charge in [0.15, 0.2) is 0 Å². The van der Waals surface area contributed by atoms with Crippen molar-refractivity contribution in [3.8, 4) is 0 Å². The molecule has 0 atom stereocenters. The first kappa shape index (κ1) is 17.7. The molecule has 132 valence electrons. The molecule has 3 rings (SSSR count). The fraction of sp³-hybridized carbons (Fsp3) is 0.0952. The van der Waals surface area contributed by atoms with Crippen LogP contribution in [0.4, 0.5) is 18.9 Å². The van der Waals surface area contributed by atoms with Crippen LogP contribution in [0, 0.1) is 6.92 Å². The third kappa shape index (κ3) is 3.94. The van der Waals surface area contributed by atoms with E-state index in [4.69, 9.17) is 0 Å². The van der Waals surface area contributed by atoms with Crippen LogP contribution in [-0.2, 0) is 4.79 Å². The van der Waals surface area contributed by atoms with Crippen molar-refractivity contribution in [1.29, 1.82) is 0 Å². The van der Waals surface area contributed by atoms with Crippen LogP contribution in [0.5, 0.6) is 0 Å². The van der Waals surface area contributed by atoms with Gasteiger partial charge < -0.3 is 5.32 Å². The van der Waals surface area contributed by atoms with Gasteiger partial charge in [0.2, 0.25) is 0 Å². The van der Waals surface area contributed by atoms with Gasteiger partial charge in [-0.1, -0.05) is 66.2 Å². The summed E-state index contributed by atoms with van der Waals surface area (Å²) in [6.45, 7) is 1.88. The lowest BCUT2D eigenvalue weighted by Crippen LogP contribution is -2.21. The van der Waals surface area contributed by atoms with Crippen molar-refractivity contribution in [2.45, 2.75) is 13.1 Å². The number of anilines is 1. The molecule has 0 unspecified atom stereocenters. The number of rotatable bonds is 4. The molecule has 0 bridgehead atoms. The monoisotopic (exact) mass is 355 g/mol. The molecule has 3 aromatic rings. The molecule has 26 heavy (non-hydrogen) atoms. The summed E-state index contributed by atoms with van der Waals surface area (Å²) in [5, 5.41) is 4.80. The second-order valence-electron chi connectivity index (χ2n) is 5.94. The van der Waals surface area contributed by atoms with E-state index in [0.717, 1.165) is 16.3 Å². The molecule has 0 aliphatic carbocycles. The Morgan fingerprint density at radius 2 is 1.58 bits per heavy atom. The predicted octanol–water partition coefficient (Wildman–Crippen LogP) is 5.73. The molecule has 0 heterocycles. The van der Waals surface area contributed by atoms with Crippen molar-refractivity contribution >= 4 is 27.9 Å². The van der Waals surface area contributed by atoms with Gasteiger partial charge in [0.25, 0.3) is 5.78 Å². The number of hydrogen-bond donors (Lipinski definition) is 1. The molecule has 0 amide bonds. The van der Waals surface area contributed by atoms with Crippen LogP contribution in [0.1, 0.15) is 11.1 Å². The maximum Gasteiger partial charge on any atom is 0.454 e. The molecular weight excluding hydrogens is 339 g/mol. The SMILES string of the molecule is Cc1ccc(/C(=C/C(=O)C(F)(F)F)Nc2cccc3ccccc23)cc1. The van der Waals surface area contributed by atoms with Gasteiger partial charge in [0.1, 0.15) is 0 Å². The first-order chi connectivity index (χ1) is 12.3. The van der Waals surface area contributed by atoms with Crippen molar-refractivity contribution in [1.82, 2.24) is 0 Å². The van der Waals surface area contributed by atoms with Crippen LogP contribution in [0.2, 0.25) is 0 Å². The zero-order chi connectivity index (χ0) is 18.7. The van der Waals surface area contributed by atoms with E-state index < -0.39 is 12.0 Å². The van der Waals surface area contributed by atoms with Gasteiger partial charge in [-0.15, -0.1) is 0 Å². The van der Waals surface area contributed by atoms with Crippen LogP contribution in [-0.4, -0.2) is 12.0 Å². The van der Waals surface area contributed by atoms with Crippen LogP contribution in [0.25, 0.3) is 16.5 Å². The Labute approximate surface area is 149 Å². The summed E-state index contributed by atoms with van der Waals surface area (Å²) in [7, 11) is 0. The Kier molecular flexibility index (Phi) is 4.80. The minimum Gasteiger partial charge on any atom is -0.354 e. The summed E-state index contributed by atoms with van der Waals surface area (Å²) in [5.41, 5.74) is 2.20. The largest absolute Gasteiger partial charge is 0.454 e. The molecule has 0 spiro atoms. The number of fused-ring (bicyclic) bond motifs is 1. The average molecular weight is 355 g/mol. The number of carbonyl (C=O) groups excluding carboxylic acids is 1. The summed E-state index contributed by atoms with van der Waals surface area (Å²) < 4.78 is 38.3. The zero-order valence-electron chi connectivity index (χ0n) is 14.0. The van der Waals surface area contributed by atoms with Gasteiger partial charge >= 0.3 is 6.18 Å². The molecule has 0 fully saturated rings. The molecule has 0 saturated carbocycles. The number of allylic oxidation sites excluding steroid dienone is 1. The van der Waals surface area contributed by atoms with E-state index in [1.54, 1.807) is 30.3 Å². The molecule has 3 aromatic carbocycles. The molecule has 5 heteroatoms. The fourth-order valence-electron chi connectivity index (χ4n) is 2.62. The van der Waals surface area contributed by atoms with Gasteiger partial charge in [0, 0.05) is 22.8 Å². The summed E-state index contributed by atoms with van der Waals surface area (Å²) in [6, 6.07) is 19.9. The molecule has 0 aromatic heterocycles. The molecule has 2 nitrogen and oxygen atoms in total. The van der Waals surface area contributed by atoms with Gasteiger partial charge in [-0.3, -0.25) is 4.79 Å². The van der Waals surface area contributed by atoms with E-state index in [2.05, 4.69) is 5.32 Å². The Hall–Kier alpha value is -3.08. The van der Waals surface area contributed by atoms with Crippen LogP contribution in [0.3, 0.4) is 0 Å². The number of benzene rings is 3. The molecule has 0 saturated heterocycles. The second kappa shape index (κ2) is 7.04. The lowest BCUT2D eigenvalue weighted by atomic mass is 10.1. The Morgan fingerprint density at radius 1 is 0.923 bits per heavy atom. The molecule has 1 N–H and O–H groups in total. The second-order valence-corrected chi connectivity index (χ2v) is 5.94. The number of aryl methyl sites for hydroxylation is 1. The van der Waals surface area contributed by atoms with Crippen LogP contribution >= 0.6 is 0 Å². The Balaban J connectivity index is 2.07. The summed E-state index contributed by atoms with van der Waals surface area (Å²) >= 11 is 0. The highest BCUT2D eigenvalue weighted by Gasteiger charge is 2.37. The third-order valence-corrected chi connectivity index (χ3v) is 3.98. The summed E-state index contributed by atoms with van der Waals surface area (Å²) in [4.78, 5) is 11.5. The fourth-order valence-corrected chi connectivity index (χ4v) is 2.62. The number of halogens is 3. The number of alkyl halides is 3. The smallest absolute Gasteiger partial charge is 0.354 e. The van der Waals surface area contributed by atoms with Gasteiger partial charge in [-0.2, -0.15) is 13.2 Å². The maximum absolute atomic E-state index is 12.8. The van der Waals surface area contributed by atoms with Crippen molar-refractivity contribution in [2.24, 2.45) is 0 Å². The molecular formula is C21H16F3NO. The van der Waals surface area contributed by atoms with Crippen molar-refractivity contribution in [3.63, 3.8) is 0 Å². The van der Waals surface area contributed by atoms with E-state index in [-0.39, 0.29) is 5.70 Å². The summed E-state index contributed by atoms with van der Waals surface area (Å²) in [5.74, 6) is -1.90. The number of ketones is 1. The van der Waals surface area contributed by atoms with Crippen LogP contribution < -0.4 is 5.32 Å². The quantitative estimate of drug-likeness (QED) is 0.605. The number of carbonyl (C=O) groups is 1. The van der Waals surface area contributed by atoms with Crippen molar-refractivity contribution < 1.29 is 18.0 Å². The topological polar surface area (TPSA) is 29.1 Å². The van der Waals surface area contributed by atoms with Crippen molar-refractivity contribution in [3.05, 3.63) is 83.9 Å². The highest BCUT2D eigenvalue weighted by molar-refractivity contribution is 6.04. The van der Waals surface area contributed by atoms with E-state index in [0.29, 0.717) is 17.3 Å². The third-order valence-electron chi connectivity index (χ3n) is 3.98. The Bertz CT molecular complexity index is 967. The van der Waals surface area contributed by atoms with E-state index in [1.165, 1.54) is 0 Å². The minimum atomic E-state index is -4.92. The lowest BCUT2D eigenvalue weighted by molar-refractivity contribution is -0.165. The molecule has 0 radical (unpaired) electrons. The van der Waals surface area contributed by atoms with E-state index in [1.807, 2.05) is 43.3 Å². The van der Waals surface area contributed by atoms with Crippen LogP contribution in [0.15, 0.2) is 72.8 Å². The minimum absolute atomic E-state index is 0.101. The van der Waals surface area contributed by atoms with Crippen molar-refractivity contribution in [2.75, 3.05) is 5.32 Å². The highest BCUT2D eigenvalue weighted by Crippen LogP contribution is 2.28. The average Bonchev–Trinajstić information content (AvgIpc) is 2.61. The summed E-state index contributed by atoms with van der Waals surface area (Å²) in [6.07, 6.45) is -4.32. The van der Waals surface area contributed by atoms with E-state index >= 15 is 0 Å². The molecule has 0 aliphatic heterocycles. The van der Waals surface area contributed by atoms with E-state index in [9.17, 15) is 18.0 Å². The van der Waals surface area contributed by atoms with Gasteiger partial charge in [0.05, 0.1) is 0 Å². The van der Waals surface area contributed by atoms with Gasteiger partial charge in [-0.05, 0) is 23.9 Å². The lowest BCUT2D eigenvalue weighted by Gasteiger charge is -2.14. The zero-order valence-corrected chi connectivity index (χ0v) is 14.0. The Morgan fingerprint density at radius 3 is 2.27 bits per heavy atom.